The Morgan fingerprint density at radius 3 is 2.07 bits per heavy atom. The van der Waals surface area contributed by atoms with Gasteiger partial charge in [0.1, 0.15) is 0 Å². The molecule has 0 unspecified atom stereocenters. The third kappa shape index (κ3) is 5.05. The van der Waals surface area contributed by atoms with E-state index in [-0.39, 0.29) is 6.54 Å². The van der Waals surface area contributed by atoms with E-state index in [0.29, 0.717) is 18.8 Å². The van der Waals surface area contributed by atoms with E-state index in [1.807, 2.05) is 84.9 Å². The van der Waals surface area contributed by atoms with Crippen LogP contribution in [0.5, 0.6) is 0 Å². The van der Waals surface area contributed by atoms with Crippen LogP contribution in [0.2, 0.25) is 0 Å². The van der Waals surface area contributed by atoms with E-state index >= 15 is 0 Å². The van der Waals surface area contributed by atoms with Gasteiger partial charge in [-0.25, -0.2) is 0 Å². The van der Waals surface area contributed by atoms with Gasteiger partial charge in [-0.05, 0) is 28.8 Å². The molecule has 0 heterocycles. The molecule has 3 rings (SSSR count). The number of carbonyl (C=O) groups is 2. The molecule has 2 amide bonds. The van der Waals surface area contributed by atoms with Gasteiger partial charge in [0, 0.05) is 18.8 Å². The molecule has 142 valence electrons. The van der Waals surface area contributed by atoms with E-state index < -0.39 is 11.8 Å². The van der Waals surface area contributed by atoms with Gasteiger partial charge in [-0.3, -0.25) is 14.5 Å². The lowest BCUT2D eigenvalue weighted by Crippen LogP contribution is -2.42. The highest BCUT2D eigenvalue weighted by Gasteiger charge is 2.23. The molecule has 0 spiro atoms. The first-order chi connectivity index (χ1) is 13.7. The van der Waals surface area contributed by atoms with E-state index in [0.717, 1.165) is 16.7 Å². The van der Waals surface area contributed by atoms with Gasteiger partial charge in [0.2, 0.25) is 0 Å². The number of hydrogen-bond donors (Lipinski definition) is 2. The fourth-order valence-electron chi connectivity index (χ4n) is 2.90. The zero-order valence-electron chi connectivity index (χ0n) is 15.5. The molecule has 0 saturated heterocycles. The summed E-state index contributed by atoms with van der Waals surface area (Å²) in [5.41, 5.74) is 9.16. The number of nitrogens with one attached hydrogen (secondary N) is 1. The van der Waals surface area contributed by atoms with Crippen LogP contribution < -0.4 is 16.0 Å². The number of para-hydroxylation sites is 1. The average molecular weight is 373 g/mol. The summed E-state index contributed by atoms with van der Waals surface area (Å²) in [5.74, 6) is -1.23. The molecule has 0 radical (unpaired) electrons. The van der Waals surface area contributed by atoms with Gasteiger partial charge < -0.3 is 11.1 Å². The predicted molar refractivity (Wildman–Crippen MR) is 110 cm³/mol. The van der Waals surface area contributed by atoms with Crippen molar-refractivity contribution >= 4 is 17.5 Å². The van der Waals surface area contributed by atoms with E-state index in [4.69, 9.17) is 5.73 Å². The van der Waals surface area contributed by atoms with Crippen molar-refractivity contribution in [3.05, 3.63) is 102 Å². The Bertz CT molecular complexity index is 927. The molecule has 0 aromatic heterocycles. The quantitative estimate of drug-likeness (QED) is 0.652. The number of nitrogens with zero attached hydrogens (tertiary/aromatic N) is 1. The molecule has 0 aliphatic heterocycles. The fourth-order valence-corrected chi connectivity index (χ4v) is 2.90. The van der Waals surface area contributed by atoms with Crippen molar-refractivity contribution in [2.45, 2.75) is 19.6 Å². The zero-order chi connectivity index (χ0) is 19.8. The van der Waals surface area contributed by atoms with Crippen LogP contribution in [0.15, 0.2) is 84.9 Å². The number of nitrogens with two attached hydrogens (primary N) is 1. The first kappa shape index (κ1) is 19.3. The molecule has 0 aliphatic rings. The molecule has 28 heavy (non-hydrogen) atoms. The van der Waals surface area contributed by atoms with Gasteiger partial charge in [-0.15, -0.1) is 0 Å². The van der Waals surface area contributed by atoms with Crippen molar-refractivity contribution in [3.63, 3.8) is 0 Å². The molecular formula is C23H23N3O2. The Balaban J connectivity index is 1.73. The van der Waals surface area contributed by atoms with E-state index in [1.165, 1.54) is 4.90 Å². The molecule has 0 aliphatic carbocycles. The van der Waals surface area contributed by atoms with Gasteiger partial charge >= 0.3 is 11.8 Å². The van der Waals surface area contributed by atoms with Gasteiger partial charge in [-0.2, -0.15) is 0 Å². The molecule has 0 fully saturated rings. The van der Waals surface area contributed by atoms with Gasteiger partial charge in [0.15, 0.2) is 0 Å². The maximum atomic E-state index is 12.9. The summed E-state index contributed by atoms with van der Waals surface area (Å²) in [6.45, 7) is 1.02. The second kappa shape index (κ2) is 9.48. The molecule has 5 heteroatoms. The van der Waals surface area contributed by atoms with Crippen LogP contribution in [0.1, 0.15) is 16.7 Å². The molecule has 3 aromatic carbocycles. The van der Waals surface area contributed by atoms with Crippen molar-refractivity contribution in [1.82, 2.24) is 5.32 Å². The lowest BCUT2D eigenvalue weighted by molar-refractivity contribution is -0.137. The monoisotopic (exact) mass is 373 g/mol. The van der Waals surface area contributed by atoms with Crippen LogP contribution in [-0.2, 0) is 29.2 Å². The Morgan fingerprint density at radius 2 is 1.39 bits per heavy atom. The highest BCUT2D eigenvalue weighted by Crippen LogP contribution is 2.17. The molecule has 0 bridgehead atoms. The van der Waals surface area contributed by atoms with Crippen molar-refractivity contribution in [2.24, 2.45) is 5.73 Å². The summed E-state index contributed by atoms with van der Waals surface area (Å²) in [4.78, 5) is 26.9. The van der Waals surface area contributed by atoms with Crippen LogP contribution in [0.4, 0.5) is 5.69 Å². The van der Waals surface area contributed by atoms with Crippen molar-refractivity contribution < 1.29 is 9.59 Å². The van der Waals surface area contributed by atoms with Gasteiger partial charge in [0.25, 0.3) is 0 Å². The number of benzene rings is 3. The molecule has 3 N–H and O–H groups in total. The Labute approximate surface area is 164 Å². The van der Waals surface area contributed by atoms with Crippen molar-refractivity contribution in [1.29, 1.82) is 0 Å². The summed E-state index contributed by atoms with van der Waals surface area (Å²) >= 11 is 0. The first-order valence-corrected chi connectivity index (χ1v) is 9.14. The molecule has 0 saturated carbocycles. The number of carbonyl (C=O) groups excluding carboxylic acids is 2. The van der Waals surface area contributed by atoms with Crippen LogP contribution in [0, 0.1) is 0 Å². The molecule has 3 aromatic rings. The summed E-state index contributed by atoms with van der Waals surface area (Å²) in [7, 11) is 0. The summed E-state index contributed by atoms with van der Waals surface area (Å²) < 4.78 is 0. The molecule has 0 atom stereocenters. The summed E-state index contributed by atoms with van der Waals surface area (Å²) in [6.07, 6.45) is 0. The SMILES string of the molecule is NCc1cccc(CNC(=O)C(=O)N(Cc2ccccc2)c2ccccc2)c1. The maximum absolute atomic E-state index is 12.9. The number of anilines is 1. The third-order valence-electron chi connectivity index (χ3n) is 4.37. The minimum atomic E-state index is -0.641. The van der Waals surface area contributed by atoms with Crippen LogP contribution in [-0.4, -0.2) is 11.8 Å². The fraction of sp³-hybridized carbons (Fsp3) is 0.130. The second-order valence-electron chi connectivity index (χ2n) is 6.42. The topological polar surface area (TPSA) is 75.4 Å². The Hall–Kier alpha value is -3.44. The molecule has 5 nitrogen and oxygen atoms in total. The smallest absolute Gasteiger partial charge is 0.316 e. The van der Waals surface area contributed by atoms with E-state index in [2.05, 4.69) is 5.32 Å². The van der Waals surface area contributed by atoms with E-state index in [9.17, 15) is 9.59 Å². The van der Waals surface area contributed by atoms with Crippen LogP contribution >= 0.6 is 0 Å². The average Bonchev–Trinajstić information content (AvgIpc) is 2.76. The minimum absolute atomic E-state index is 0.270. The van der Waals surface area contributed by atoms with Crippen molar-refractivity contribution in [3.8, 4) is 0 Å². The van der Waals surface area contributed by atoms with Crippen LogP contribution in [0.3, 0.4) is 0 Å². The standard InChI is InChI=1S/C23H23N3O2/c24-15-19-10-7-11-20(14-19)16-25-22(27)23(28)26(21-12-5-2-6-13-21)17-18-8-3-1-4-9-18/h1-14H,15-17,24H2,(H,25,27). The second-order valence-corrected chi connectivity index (χ2v) is 6.42. The van der Waals surface area contributed by atoms with Gasteiger partial charge in [0.05, 0.1) is 6.54 Å². The van der Waals surface area contributed by atoms with Crippen LogP contribution in [0.25, 0.3) is 0 Å². The number of hydrogen-bond acceptors (Lipinski definition) is 3. The Morgan fingerprint density at radius 1 is 0.786 bits per heavy atom. The molecular weight excluding hydrogens is 350 g/mol. The third-order valence-corrected chi connectivity index (χ3v) is 4.37. The summed E-state index contributed by atoms with van der Waals surface area (Å²) in [5, 5.41) is 2.72. The predicted octanol–water partition coefficient (Wildman–Crippen LogP) is 2.99. The largest absolute Gasteiger partial charge is 0.344 e. The number of amides is 2. The lowest BCUT2D eigenvalue weighted by atomic mass is 10.1. The highest BCUT2D eigenvalue weighted by atomic mass is 16.2. The normalized spacial score (nSPS) is 10.3. The Kier molecular flexibility index (Phi) is 6.54. The minimum Gasteiger partial charge on any atom is -0.344 e. The van der Waals surface area contributed by atoms with E-state index in [1.54, 1.807) is 0 Å². The lowest BCUT2D eigenvalue weighted by Gasteiger charge is -2.22. The highest BCUT2D eigenvalue weighted by molar-refractivity contribution is 6.40. The van der Waals surface area contributed by atoms with Crippen molar-refractivity contribution in [2.75, 3.05) is 4.90 Å². The first-order valence-electron chi connectivity index (χ1n) is 9.14. The zero-order valence-corrected chi connectivity index (χ0v) is 15.5. The number of rotatable bonds is 6. The maximum Gasteiger partial charge on any atom is 0.316 e. The summed E-state index contributed by atoms with van der Waals surface area (Å²) in [6, 6.07) is 26.4. The van der Waals surface area contributed by atoms with Gasteiger partial charge in [-0.1, -0.05) is 72.8 Å².